The molecule has 0 spiro atoms. The van der Waals surface area contributed by atoms with Gasteiger partial charge in [0.2, 0.25) is 0 Å². The van der Waals surface area contributed by atoms with Crippen LogP contribution in [0.1, 0.15) is 42.1 Å². The second kappa shape index (κ2) is 3.19. The molecule has 2 rings (SSSR count). The van der Waals surface area contributed by atoms with Crippen molar-refractivity contribution in [1.29, 1.82) is 0 Å². The van der Waals surface area contributed by atoms with Crippen LogP contribution < -0.4 is 0 Å². The van der Waals surface area contributed by atoms with Gasteiger partial charge < -0.3 is 0 Å². The topological polar surface area (TPSA) is 17.1 Å². The third-order valence-corrected chi connectivity index (χ3v) is 3.27. The molecule has 0 bridgehead atoms. The Labute approximate surface area is 82.9 Å². The Hall–Kier alpha value is -1.18. The summed E-state index contributed by atoms with van der Waals surface area (Å²) in [6, 6.07) is 4.91. The Balaban J connectivity index is 2.52. The van der Waals surface area contributed by atoms with Crippen molar-refractivity contribution < 1.29 is 9.18 Å². The highest BCUT2D eigenvalue weighted by molar-refractivity contribution is 5.78. The molecule has 74 valence electrons. The van der Waals surface area contributed by atoms with Crippen LogP contribution >= 0.6 is 0 Å². The van der Waals surface area contributed by atoms with E-state index in [4.69, 9.17) is 0 Å². The summed E-state index contributed by atoms with van der Waals surface area (Å²) < 4.78 is 13.3. The number of carbonyl (C=O) groups excluding carboxylic acids is 1. The first-order chi connectivity index (χ1) is 6.73. The lowest BCUT2D eigenvalue weighted by Gasteiger charge is -2.15. The van der Waals surface area contributed by atoms with Crippen molar-refractivity contribution >= 4 is 6.29 Å². The van der Waals surface area contributed by atoms with Crippen molar-refractivity contribution in [2.75, 3.05) is 0 Å². The predicted molar refractivity (Wildman–Crippen MR) is 53.0 cm³/mol. The largest absolute Gasteiger partial charge is 0.298 e. The van der Waals surface area contributed by atoms with Gasteiger partial charge in [0, 0.05) is 0 Å². The van der Waals surface area contributed by atoms with Crippen molar-refractivity contribution in [2.45, 2.75) is 31.6 Å². The summed E-state index contributed by atoms with van der Waals surface area (Å²) in [4.78, 5) is 10.8. The smallest absolute Gasteiger partial charge is 0.153 e. The van der Waals surface area contributed by atoms with Gasteiger partial charge in [0.05, 0.1) is 5.56 Å². The molecule has 1 fully saturated rings. The van der Waals surface area contributed by atoms with E-state index in [0.29, 0.717) is 6.29 Å². The second-order valence-corrected chi connectivity index (χ2v) is 3.95. The molecule has 0 atom stereocenters. The van der Waals surface area contributed by atoms with E-state index in [0.717, 1.165) is 24.8 Å². The molecular formula is C12H13FO. The standard InChI is InChI=1S/C12H13FO/c1-2-12(6-7-12)10-4-3-5-11(13)9(10)8-14/h3-5,8H,2,6-7H2,1H3. The SMILES string of the molecule is CCC1(c2cccc(F)c2C=O)CC1. The Kier molecular flexibility index (Phi) is 2.14. The molecule has 0 saturated heterocycles. The number of hydrogen-bond donors (Lipinski definition) is 0. The van der Waals surface area contributed by atoms with Gasteiger partial charge in [-0.15, -0.1) is 0 Å². The predicted octanol–water partition coefficient (Wildman–Crippen LogP) is 3.08. The number of benzene rings is 1. The quantitative estimate of drug-likeness (QED) is 0.672. The van der Waals surface area contributed by atoms with Gasteiger partial charge in [-0.05, 0) is 36.3 Å². The average molecular weight is 192 g/mol. The molecule has 1 aliphatic carbocycles. The minimum absolute atomic E-state index is 0.0956. The van der Waals surface area contributed by atoms with E-state index in [1.807, 2.05) is 6.07 Å². The van der Waals surface area contributed by atoms with Crippen molar-refractivity contribution in [3.63, 3.8) is 0 Å². The van der Waals surface area contributed by atoms with E-state index in [1.165, 1.54) is 6.07 Å². The number of aldehydes is 1. The monoisotopic (exact) mass is 192 g/mol. The third kappa shape index (κ3) is 1.26. The summed E-state index contributed by atoms with van der Waals surface area (Å²) in [5.41, 5.74) is 1.25. The van der Waals surface area contributed by atoms with Crippen LogP contribution in [0.2, 0.25) is 0 Å². The highest BCUT2D eigenvalue weighted by atomic mass is 19.1. The number of halogens is 1. The van der Waals surface area contributed by atoms with Crippen LogP contribution in [-0.4, -0.2) is 6.29 Å². The normalized spacial score (nSPS) is 17.9. The van der Waals surface area contributed by atoms with E-state index in [-0.39, 0.29) is 11.0 Å². The van der Waals surface area contributed by atoms with Gasteiger partial charge in [-0.1, -0.05) is 19.1 Å². The minimum Gasteiger partial charge on any atom is -0.298 e. The lowest BCUT2D eigenvalue weighted by atomic mass is 9.89. The van der Waals surface area contributed by atoms with Crippen molar-refractivity contribution in [3.8, 4) is 0 Å². The van der Waals surface area contributed by atoms with Crippen LogP contribution in [0.15, 0.2) is 18.2 Å². The van der Waals surface area contributed by atoms with Crippen molar-refractivity contribution in [3.05, 3.63) is 35.1 Å². The summed E-state index contributed by atoms with van der Waals surface area (Å²) in [6.45, 7) is 2.09. The lowest BCUT2D eigenvalue weighted by Crippen LogP contribution is -2.09. The van der Waals surface area contributed by atoms with Crippen molar-refractivity contribution in [1.82, 2.24) is 0 Å². The molecule has 1 aromatic rings. The molecule has 1 aliphatic rings. The molecular weight excluding hydrogens is 179 g/mol. The van der Waals surface area contributed by atoms with E-state index in [1.54, 1.807) is 6.07 Å². The fourth-order valence-corrected chi connectivity index (χ4v) is 2.08. The maximum atomic E-state index is 13.3. The van der Waals surface area contributed by atoms with Crippen LogP contribution in [0.4, 0.5) is 4.39 Å². The molecule has 0 amide bonds. The second-order valence-electron chi connectivity index (χ2n) is 3.95. The first-order valence-electron chi connectivity index (χ1n) is 4.98. The molecule has 0 heterocycles. The van der Waals surface area contributed by atoms with Gasteiger partial charge >= 0.3 is 0 Å². The molecule has 0 unspecified atom stereocenters. The first kappa shape index (κ1) is 9.38. The Morgan fingerprint density at radius 2 is 2.21 bits per heavy atom. The minimum atomic E-state index is -0.391. The Morgan fingerprint density at radius 1 is 1.50 bits per heavy atom. The summed E-state index contributed by atoms with van der Waals surface area (Å²) in [6.07, 6.45) is 3.78. The molecule has 0 N–H and O–H groups in total. The molecule has 1 aromatic carbocycles. The van der Waals surface area contributed by atoms with Crippen molar-refractivity contribution in [2.24, 2.45) is 0 Å². The first-order valence-corrected chi connectivity index (χ1v) is 4.98. The highest BCUT2D eigenvalue weighted by Crippen LogP contribution is 2.51. The zero-order chi connectivity index (χ0) is 10.2. The molecule has 14 heavy (non-hydrogen) atoms. The summed E-state index contributed by atoms with van der Waals surface area (Å²) in [5, 5.41) is 0. The molecule has 2 heteroatoms. The van der Waals surface area contributed by atoms with Gasteiger partial charge in [-0.3, -0.25) is 4.79 Å². The lowest BCUT2D eigenvalue weighted by molar-refractivity contribution is 0.111. The summed E-state index contributed by atoms with van der Waals surface area (Å²) >= 11 is 0. The number of carbonyl (C=O) groups is 1. The molecule has 0 aromatic heterocycles. The van der Waals surface area contributed by atoms with Gasteiger partial charge in [0.1, 0.15) is 5.82 Å². The Morgan fingerprint density at radius 3 is 2.71 bits per heavy atom. The fourth-order valence-electron chi connectivity index (χ4n) is 2.08. The van der Waals surface area contributed by atoms with E-state index in [9.17, 15) is 9.18 Å². The fraction of sp³-hybridized carbons (Fsp3) is 0.417. The molecule has 0 aliphatic heterocycles. The van der Waals surface area contributed by atoms with E-state index >= 15 is 0 Å². The number of rotatable bonds is 3. The third-order valence-electron chi connectivity index (χ3n) is 3.27. The summed E-state index contributed by atoms with van der Waals surface area (Å²) in [5.74, 6) is -0.391. The Bertz CT molecular complexity index is 367. The van der Waals surface area contributed by atoms with E-state index in [2.05, 4.69) is 6.92 Å². The average Bonchev–Trinajstić information content (AvgIpc) is 2.98. The maximum absolute atomic E-state index is 13.3. The van der Waals surface area contributed by atoms with Gasteiger partial charge in [0.25, 0.3) is 0 Å². The van der Waals surface area contributed by atoms with Crippen LogP contribution in [0, 0.1) is 5.82 Å². The van der Waals surface area contributed by atoms with Crippen LogP contribution in [0.5, 0.6) is 0 Å². The van der Waals surface area contributed by atoms with Gasteiger partial charge in [-0.2, -0.15) is 0 Å². The van der Waals surface area contributed by atoms with Crippen LogP contribution in [0.25, 0.3) is 0 Å². The van der Waals surface area contributed by atoms with Gasteiger partial charge in [0.15, 0.2) is 6.29 Å². The van der Waals surface area contributed by atoms with Crippen LogP contribution in [0.3, 0.4) is 0 Å². The molecule has 1 nitrogen and oxygen atoms in total. The maximum Gasteiger partial charge on any atom is 0.153 e. The number of hydrogen-bond acceptors (Lipinski definition) is 1. The zero-order valence-electron chi connectivity index (χ0n) is 8.22. The summed E-state index contributed by atoms with van der Waals surface area (Å²) in [7, 11) is 0. The van der Waals surface area contributed by atoms with Gasteiger partial charge in [-0.25, -0.2) is 4.39 Å². The zero-order valence-corrected chi connectivity index (χ0v) is 8.22. The highest BCUT2D eigenvalue weighted by Gasteiger charge is 2.44. The molecule has 1 saturated carbocycles. The van der Waals surface area contributed by atoms with E-state index < -0.39 is 5.82 Å². The van der Waals surface area contributed by atoms with Crippen LogP contribution in [-0.2, 0) is 5.41 Å². The molecule has 0 radical (unpaired) electrons.